The summed E-state index contributed by atoms with van der Waals surface area (Å²) in [6, 6.07) is 6.39. The molecule has 1 atom stereocenters. The summed E-state index contributed by atoms with van der Waals surface area (Å²) in [4.78, 5) is 23.6. The van der Waals surface area contributed by atoms with Crippen LogP contribution in [-0.2, 0) is 22.4 Å². The summed E-state index contributed by atoms with van der Waals surface area (Å²) in [7, 11) is 0. The Morgan fingerprint density at radius 1 is 1.17 bits per heavy atom. The molecule has 2 aliphatic rings. The third-order valence-electron chi connectivity index (χ3n) is 5.51. The first-order valence-corrected chi connectivity index (χ1v) is 8.65. The van der Waals surface area contributed by atoms with Gasteiger partial charge in [0.15, 0.2) is 0 Å². The molecular formula is C19H25NO3. The van der Waals surface area contributed by atoms with Crippen LogP contribution in [0.2, 0.25) is 0 Å². The van der Waals surface area contributed by atoms with Crippen LogP contribution < -0.4 is 5.32 Å². The molecule has 4 heteroatoms. The minimum Gasteiger partial charge on any atom is -0.481 e. The van der Waals surface area contributed by atoms with Crippen LogP contribution in [0.3, 0.4) is 0 Å². The normalized spacial score (nSPS) is 20.0. The van der Waals surface area contributed by atoms with E-state index in [2.05, 4.69) is 23.5 Å². The van der Waals surface area contributed by atoms with Crippen molar-refractivity contribution in [3.05, 3.63) is 34.9 Å². The quantitative estimate of drug-likeness (QED) is 0.875. The predicted octanol–water partition coefficient (Wildman–Crippen LogP) is 3.39. The van der Waals surface area contributed by atoms with Gasteiger partial charge in [0.1, 0.15) is 0 Å². The number of aryl methyl sites for hydroxylation is 2. The van der Waals surface area contributed by atoms with Gasteiger partial charge in [-0.3, -0.25) is 9.59 Å². The molecule has 0 aromatic heterocycles. The molecule has 1 fully saturated rings. The van der Waals surface area contributed by atoms with Crippen LogP contribution in [0.15, 0.2) is 18.2 Å². The topological polar surface area (TPSA) is 66.4 Å². The van der Waals surface area contributed by atoms with Crippen molar-refractivity contribution in [1.29, 1.82) is 0 Å². The van der Waals surface area contributed by atoms with E-state index in [-0.39, 0.29) is 18.4 Å². The largest absolute Gasteiger partial charge is 0.481 e. The predicted molar refractivity (Wildman–Crippen MR) is 88.2 cm³/mol. The molecule has 1 unspecified atom stereocenters. The first kappa shape index (κ1) is 16.0. The van der Waals surface area contributed by atoms with Gasteiger partial charge in [0, 0.05) is 6.42 Å². The number of hydrogen-bond acceptors (Lipinski definition) is 2. The zero-order valence-electron chi connectivity index (χ0n) is 13.7. The van der Waals surface area contributed by atoms with E-state index in [1.807, 2.05) is 6.92 Å². The second kappa shape index (κ2) is 6.34. The van der Waals surface area contributed by atoms with Crippen molar-refractivity contribution in [2.24, 2.45) is 5.41 Å². The molecule has 2 aliphatic carbocycles. The number of carbonyl (C=O) groups excluding carboxylic acids is 1. The van der Waals surface area contributed by atoms with Crippen LogP contribution in [0, 0.1) is 5.41 Å². The van der Waals surface area contributed by atoms with E-state index in [1.165, 1.54) is 24.0 Å². The zero-order chi connectivity index (χ0) is 16.4. The van der Waals surface area contributed by atoms with E-state index in [1.54, 1.807) is 0 Å². The number of aliphatic carboxylic acids is 1. The van der Waals surface area contributed by atoms with Crippen molar-refractivity contribution >= 4 is 11.9 Å². The first-order valence-electron chi connectivity index (χ1n) is 8.65. The molecule has 1 amide bonds. The van der Waals surface area contributed by atoms with Gasteiger partial charge in [0.05, 0.1) is 11.5 Å². The highest BCUT2D eigenvalue weighted by atomic mass is 16.4. The molecule has 1 aromatic carbocycles. The molecule has 4 nitrogen and oxygen atoms in total. The van der Waals surface area contributed by atoms with E-state index in [9.17, 15) is 14.7 Å². The van der Waals surface area contributed by atoms with E-state index in [4.69, 9.17) is 0 Å². The number of nitrogens with one attached hydrogen (secondary N) is 1. The van der Waals surface area contributed by atoms with Crippen LogP contribution in [0.1, 0.15) is 68.2 Å². The molecule has 1 saturated carbocycles. The maximum absolute atomic E-state index is 12.3. The fraction of sp³-hybridized carbons (Fsp3) is 0.579. The molecule has 0 aliphatic heterocycles. The number of rotatable bonds is 5. The van der Waals surface area contributed by atoms with Gasteiger partial charge in [-0.05, 0) is 62.1 Å². The van der Waals surface area contributed by atoms with E-state index in [0.717, 1.165) is 24.8 Å². The standard InChI is InChI=1S/C19H25NO3/c1-13(15-8-7-14-5-2-3-6-16(14)11-15)20-17(21)12-19(18(22)23)9-4-10-19/h7-8,11,13H,2-6,9-10,12H2,1H3,(H,20,21)(H,22,23). The molecule has 0 bridgehead atoms. The van der Waals surface area contributed by atoms with Crippen molar-refractivity contribution in [3.63, 3.8) is 0 Å². The Bertz CT molecular complexity index is 619. The lowest BCUT2D eigenvalue weighted by molar-refractivity contribution is -0.157. The average Bonchev–Trinajstić information content (AvgIpc) is 2.50. The molecule has 1 aromatic rings. The Labute approximate surface area is 137 Å². The van der Waals surface area contributed by atoms with Gasteiger partial charge in [0.25, 0.3) is 0 Å². The van der Waals surface area contributed by atoms with E-state index in [0.29, 0.717) is 12.8 Å². The lowest BCUT2D eigenvalue weighted by Gasteiger charge is -2.37. The van der Waals surface area contributed by atoms with E-state index < -0.39 is 11.4 Å². The molecular weight excluding hydrogens is 290 g/mol. The number of carbonyl (C=O) groups is 2. The third kappa shape index (κ3) is 3.26. The van der Waals surface area contributed by atoms with Gasteiger partial charge >= 0.3 is 5.97 Å². The fourth-order valence-electron chi connectivity index (χ4n) is 3.78. The van der Waals surface area contributed by atoms with Crippen LogP contribution in [0.25, 0.3) is 0 Å². The van der Waals surface area contributed by atoms with Crippen molar-refractivity contribution in [2.45, 2.75) is 64.3 Å². The first-order chi connectivity index (χ1) is 11.0. The van der Waals surface area contributed by atoms with Crippen LogP contribution in [0.5, 0.6) is 0 Å². The van der Waals surface area contributed by atoms with Crippen molar-refractivity contribution < 1.29 is 14.7 Å². The second-order valence-corrected chi connectivity index (χ2v) is 7.14. The van der Waals surface area contributed by atoms with Gasteiger partial charge in [0.2, 0.25) is 5.91 Å². The summed E-state index contributed by atoms with van der Waals surface area (Å²) in [5.41, 5.74) is 3.12. The average molecular weight is 315 g/mol. The number of carboxylic acids is 1. The molecule has 0 heterocycles. The summed E-state index contributed by atoms with van der Waals surface area (Å²) in [5.74, 6) is -0.988. The number of hydrogen-bond donors (Lipinski definition) is 2. The maximum atomic E-state index is 12.3. The van der Waals surface area contributed by atoms with Crippen LogP contribution in [-0.4, -0.2) is 17.0 Å². The van der Waals surface area contributed by atoms with Crippen molar-refractivity contribution in [3.8, 4) is 0 Å². The molecule has 124 valence electrons. The summed E-state index contributed by atoms with van der Waals surface area (Å²) in [6.45, 7) is 1.97. The minimum atomic E-state index is -0.833. The molecule has 0 saturated heterocycles. The molecule has 0 radical (unpaired) electrons. The molecule has 0 spiro atoms. The number of benzene rings is 1. The SMILES string of the molecule is CC(NC(=O)CC1(C(=O)O)CCC1)c1ccc2c(c1)CCCC2. The lowest BCUT2D eigenvalue weighted by atomic mass is 9.66. The molecule has 23 heavy (non-hydrogen) atoms. The second-order valence-electron chi connectivity index (χ2n) is 7.14. The maximum Gasteiger partial charge on any atom is 0.310 e. The monoisotopic (exact) mass is 315 g/mol. The van der Waals surface area contributed by atoms with Gasteiger partial charge in [-0.1, -0.05) is 24.6 Å². The molecule has 2 N–H and O–H groups in total. The van der Waals surface area contributed by atoms with Gasteiger partial charge in [-0.25, -0.2) is 0 Å². The third-order valence-corrected chi connectivity index (χ3v) is 5.51. The van der Waals surface area contributed by atoms with Gasteiger partial charge in [-0.2, -0.15) is 0 Å². The minimum absolute atomic E-state index is 0.0827. The highest BCUT2D eigenvalue weighted by molar-refractivity contribution is 5.85. The summed E-state index contributed by atoms with van der Waals surface area (Å²) >= 11 is 0. The zero-order valence-corrected chi connectivity index (χ0v) is 13.7. The van der Waals surface area contributed by atoms with E-state index >= 15 is 0 Å². The fourth-order valence-corrected chi connectivity index (χ4v) is 3.78. The van der Waals surface area contributed by atoms with Gasteiger partial charge in [-0.15, -0.1) is 0 Å². The Morgan fingerprint density at radius 3 is 2.48 bits per heavy atom. The Kier molecular flexibility index (Phi) is 4.42. The Balaban J connectivity index is 1.63. The summed E-state index contributed by atoms with van der Waals surface area (Å²) in [6.07, 6.45) is 6.99. The summed E-state index contributed by atoms with van der Waals surface area (Å²) < 4.78 is 0. The number of amides is 1. The Hall–Kier alpha value is -1.84. The highest BCUT2D eigenvalue weighted by Gasteiger charge is 2.45. The van der Waals surface area contributed by atoms with Crippen LogP contribution in [0.4, 0.5) is 0 Å². The smallest absolute Gasteiger partial charge is 0.310 e. The molecule has 3 rings (SSSR count). The van der Waals surface area contributed by atoms with Crippen molar-refractivity contribution in [2.75, 3.05) is 0 Å². The Morgan fingerprint density at radius 2 is 1.87 bits per heavy atom. The lowest BCUT2D eigenvalue weighted by Crippen LogP contribution is -2.43. The van der Waals surface area contributed by atoms with Crippen molar-refractivity contribution in [1.82, 2.24) is 5.32 Å². The number of fused-ring (bicyclic) bond motifs is 1. The summed E-state index contributed by atoms with van der Waals surface area (Å²) in [5, 5.41) is 12.3. The highest BCUT2D eigenvalue weighted by Crippen LogP contribution is 2.44. The van der Waals surface area contributed by atoms with Crippen LogP contribution >= 0.6 is 0 Å². The number of carboxylic acid groups (broad SMARTS) is 1. The van der Waals surface area contributed by atoms with Gasteiger partial charge < -0.3 is 10.4 Å².